The van der Waals surface area contributed by atoms with E-state index in [-0.39, 0.29) is 23.6 Å². The van der Waals surface area contributed by atoms with Crippen LogP contribution < -0.4 is 5.32 Å². The van der Waals surface area contributed by atoms with Crippen molar-refractivity contribution < 1.29 is 14.7 Å². The first-order chi connectivity index (χ1) is 12.7. The van der Waals surface area contributed by atoms with Crippen LogP contribution in [0.25, 0.3) is 0 Å². The van der Waals surface area contributed by atoms with E-state index in [1.54, 1.807) is 0 Å². The third-order valence-corrected chi connectivity index (χ3v) is 6.20. The van der Waals surface area contributed by atoms with Crippen molar-refractivity contribution in [2.24, 2.45) is 11.3 Å². The van der Waals surface area contributed by atoms with E-state index in [1.165, 1.54) is 33.3 Å². The van der Waals surface area contributed by atoms with Crippen LogP contribution >= 0.6 is 11.3 Å². The number of imidazole rings is 1. The Bertz CT molecular complexity index is 930. The van der Waals surface area contributed by atoms with Crippen LogP contribution in [0, 0.1) is 22.7 Å². The first-order valence-electron chi connectivity index (χ1n) is 8.78. The Morgan fingerprint density at radius 1 is 1.48 bits per heavy atom. The fraction of sp³-hybridized carbons (Fsp3) is 0.474. The minimum Gasteiger partial charge on any atom is -0.476 e. The number of hydrogen-bond acceptors (Lipinski definition) is 5. The van der Waals surface area contributed by atoms with Crippen molar-refractivity contribution in [3.63, 3.8) is 0 Å². The standard InChI is InChI=1S/C19H22N4O3S/c1-19(2,3)11-4-5-12-13(7-20)17(27-15(12)6-11)22-16(24)9-23-8-14(18(25)26)21-10-23/h8,10-11H,4-6,9H2,1-3H3,(H,22,24)(H,25,26). The predicted molar refractivity (Wildman–Crippen MR) is 102 cm³/mol. The minimum absolute atomic E-state index is 0.0572. The van der Waals surface area contributed by atoms with Crippen molar-refractivity contribution in [1.82, 2.24) is 9.55 Å². The van der Waals surface area contributed by atoms with Crippen molar-refractivity contribution in [2.75, 3.05) is 5.32 Å². The lowest BCUT2D eigenvalue weighted by molar-refractivity contribution is -0.116. The van der Waals surface area contributed by atoms with Gasteiger partial charge in [0, 0.05) is 11.1 Å². The highest BCUT2D eigenvalue weighted by atomic mass is 32.1. The number of amides is 1. The van der Waals surface area contributed by atoms with Gasteiger partial charge in [0.25, 0.3) is 0 Å². The molecule has 1 amide bonds. The van der Waals surface area contributed by atoms with Gasteiger partial charge in [-0.15, -0.1) is 11.3 Å². The van der Waals surface area contributed by atoms with Crippen LogP contribution in [0.1, 0.15) is 53.7 Å². The Hall–Kier alpha value is -2.66. The Kier molecular flexibility index (Phi) is 5.07. The first kappa shape index (κ1) is 19.1. The molecule has 142 valence electrons. The molecule has 0 spiro atoms. The summed E-state index contributed by atoms with van der Waals surface area (Å²) >= 11 is 1.48. The first-order valence-corrected chi connectivity index (χ1v) is 9.60. The number of rotatable bonds is 4. The Balaban J connectivity index is 1.75. The minimum atomic E-state index is -1.14. The van der Waals surface area contributed by atoms with Crippen LogP contribution in [-0.2, 0) is 24.2 Å². The maximum Gasteiger partial charge on any atom is 0.356 e. The summed E-state index contributed by atoms with van der Waals surface area (Å²) in [5, 5.41) is 21.9. The maximum atomic E-state index is 12.4. The number of aromatic carboxylic acids is 1. The van der Waals surface area contributed by atoms with Crippen molar-refractivity contribution in [1.29, 1.82) is 5.26 Å². The fourth-order valence-corrected chi connectivity index (χ4v) is 4.71. The molecule has 27 heavy (non-hydrogen) atoms. The summed E-state index contributed by atoms with van der Waals surface area (Å²) < 4.78 is 1.41. The van der Waals surface area contributed by atoms with E-state index in [1.807, 2.05) is 0 Å². The van der Waals surface area contributed by atoms with Gasteiger partial charge >= 0.3 is 5.97 Å². The molecule has 1 aliphatic rings. The van der Waals surface area contributed by atoms with Gasteiger partial charge in [-0.1, -0.05) is 20.8 Å². The molecule has 2 N–H and O–H groups in total. The number of nitriles is 1. The average Bonchev–Trinajstić information content (AvgIpc) is 3.17. The highest BCUT2D eigenvalue weighted by molar-refractivity contribution is 7.16. The van der Waals surface area contributed by atoms with E-state index in [9.17, 15) is 14.9 Å². The number of hydrogen-bond donors (Lipinski definition) is 2. The lowest BCUT2D eigenvalue weighted by atomic mass is 9.72. The summed E-state index contributed by atoms with van der Waals surface area (Å²) in [6, 6.07) is 2.24. The van der Waals surface area contributed by atoms with Crippen LogP contribution in [0.4, 0.5) is 5.00 Å². The van der Waals surface area contributed by atoms with Crippen LogP contribution in [0.3, 0.4) is 0 Å². The van der Waals surface area contributed by atoms with Gasteiger partial charge in [-0.25, -0.2) is 9.78 Å². The molecule has 0 aliphatic heterocycles. The summed E-state index contributed by atoms with van der Waals surface area (Å²) in [6.07, 6.45) is 5.44. The van der Waals surface area contributed by atoms with Gasteiger partial charge in [-0.3, -0.25) is 4.79 Å². The molecular weight excluding hydrogens is 364 g/mol. The zero-order valence-electron chi connectivity index (χ0n) is 15.6. The Labute approximate surface area is 161 Å². The Morgan fingerprint density at radius 2 is 2.22 bits per heavy atom. The summed E-state index contributed by atoms with van der Waals surface area (Å²) in [7, 11) is 0. The largest absolute Gasteiger partial charge is 0.476 e. The molecule has 0 bridgehead atoms. The van der Waals surface area contributed by atoms with Crippen LogP contribution in [0.2, 0.25) is 0 Å². The van der Waals surface area contributed by atoms with Gasteiger partial charge in [-0.05, 0) is 36.2 Å². The summed E-state index contributed by atoms with van der Waals surface area (Å²) in [5.41, 5.74) is 1.73. The number of thiophene rings is 1. The third-order valence-electron chi connectivity index (χ3n) is 5.03. The maximum absolute atomic E-state index is 12.4. The molecule has 2 heterocycles. The quantitative estimate of drug-likeness (QED) is 0.838. The van der Waals surface area contributed by atoms with E-state index in [2.05, 4.69) is 37.1 Å². The van der Waals surface area contributed by atoms with Crippen molar-refractivity contribution in [2.45, 2.75) is 46.6 Å². The lowest BCUT2D eigenvalue weighted by Gasteiger charge is -2.33. The van der Waals surface area contributed by atoms with Crippen molar-refractivity contribution >= 4 is 28.2 Å². The van der Waals surface area contributed by atoms with Crippen molar-refractivity contribution in [3.8, 4) is 6.07 Å². The second-order valence-corrected chi connectivity index (χ2v) is 9.02. The van der Waals surface area contributed by atoms with E-state index in [0.717, 1.165) is 24.8 Å². The average molecular weight is 386 g/mol. The summed E-state index contributed by atoms with van der Waals surface area (Å²) in [6.45, 7) is 6.65. The number of nitrogens with zero attached hydrogens (tertiary/aromatic N) is 3. The molecule has 0 saturated carbocycles. The third kappa shape index (κ3) is 4.03. The summed E-state index contributed by atoms with van der Waals surface area (Å²) in [4.78, 5) is 28.1. The molecule has 3 rings (SSSR count). The predicted octanol–water partition coefficient (Wildman–Crippen LogP) is 3.30. The SMILES string of the molecule is CC(C)(C)C1CCc2c(sc(NC(=O)Cn3cnc(C(=O)O)c3)c2C#N)C1. The van der Waals surface area contributed by atoms with E-state index in [0.29, 0.717) is 16.5 Å². The van der Waals surface area contributed by atoms with E-state index >= 15 is 0 Å². The fourth-order valence-electron chi connectivity index (χ4n) is 3.42. The van der Waals surface area contributed by atoms with Crippen LogP contribution in [0.5, 0.6) is 0 Å². The van der Waals surface area contributed by atoms with E-state index < -0.39 is 5.97 Å². The second-order valence-electron chi connectivity index (χ2n) is 7.91. The van der Waals surface area contributed by atoms with E-state index in [4.69, 9.17) is 5.11 Å². The highest BCUT2D eigenvalue weighted by Crippen LogP contribution is 2.43. The van der Waals surface area contributed by atoms with Gasteiger partial charge in [-0.2, -0.15) is 5.26 Å². The molecule has 8 heteroatoms. The smallest absolute Gasteiger partial charge is 0.356 e. The molecule has 0 saturated heterocycles. The molecular formula is C19H22N4O3S. The molecule has 0 radical (unpaired) electrons. The number of carboxylic acid groups (broad SMARTS) is 1. The normalized spacial score (nSPS) is 16.4. The number of anilines is 1. The second kappa shape index (κ2) is 7.16. The molecule has 0 aromatic carbocycles. The zero-order chi connectivity index (χ0) is 19.8. The topological polar surface area (TPSA) is 108 Å². The van der Waals surface area contributed by atoms with Crippen molar-refractivity contribution in [3.05, 3.63) is 34.2 Å². The number of nitrogens with one attached hydrogen (secondary N) is 1. The zero-order valence-corrected chi connectivity index (χ0v) is 16.4. The Morgan fingerprint density at radius 3 is 2.81 bits per heavy atom. The van der Waals surface area contributed by atoms with Gasteiger partial charge in [0.05, 0.1) is 11.9 Å². The monoisotopic (exact) mass is 386 g/mol. The van der Waals surface area contributed by atoms with Gasteiger partial charge < -0.3 is 15.0 Å². The number of aromatic nitrogens is 2. The molecule has 7 nitrogen and oxygen atoms in total. The lowest BCUT2D eigenvalue weighted by Crippen LogP contribution is -2.26. The van der Waals surface area contributed by atoms with Crippen LogP contribution in [-0.4, -0.2) is 26.5 Å². The molecule has 1 atom stereocenters. The van der Waals surface area contributed by atoms with Gasteiger partial charge in [0.15, 0.2) is 5.69 Å². The number of carboxylic acids is 1. The molecule has 1 aliphatic carbocycles. The number of fused-ring (bicyclic) bond motifs is 1. The van der Waals surface area contributed by atoms with Gasteiger partial charge in [0.1, 0.15) is 17.6 Å². The summed E-state index contributed by atoms with van der Waals surface area (Å²) in [5.74, 6) is -0.897. The highest BCUT2D eigenvalue weighted by Gasteiger charge is 2.32. The molecule has 0 fully saturated rings. The van der Waals surface area contributed by atoms with Gasteiger partial charge in [0.2, 0.25) is 5.91 Å². The molecule has 2 aromatic rings. The molecule has 1 unspecified atom stereocenters. The number of carbonyl (C=O) groups is 2. The number of carbonyl (C=O) groups excluding carboxylic acids is 1. The van der Waals surface area contributed by atoms with Crippen LogP contribution in [0.15, 0.2) is 12.5 Å². The molecule has 2 aromatic heterocycles.